The van der Waals surface area contributed by atoms with Gasteiger partial charge >= 0.3 is 12.1 Å². The van der Waals surface area contributed by atoms with Crippen molar-refractivity contribution in [2.75, 3.05) is 5.32 Å². The first-order valence-electron chi connectivity index (χ1n) is 6.55. The smallest absolute Gasteiger partial charge is 0.416 e. The minimum atomic E-state index is -4.52. The van der Waals surface area contributed by atoms with Crippen molar-refractivity contribution in [3.05, 3.63) is 65.2 Å². The number of nitrogens with one attached hydrogen (secondary N) is 1. The Labute approximate surface area is 125 Å². The summed E-state index contributed by atoms with van der Waals surface area (Å²) in [6.45, 7) is 1.75. The second-order valence-electron chi connectivity index (χ2n) is 4.84. The van der Waals surface area contributed by atoms with Crippen LogP contribution in [-0.4, -0.2) is 11.1 Å². The SMILES string of the molecule is CC(Nc1cc(C(F)(F)F)ccc1C(=O)O)c1ccccc1. The molecule has 2 aromatic carbocycles. The second kappa shape index (κ2) is 6.09. The molecular weight excluding hydrogens is 295 g/mol. The predicted octanol–water partition coefficient (Wildman–Crippen LogP) is 4.58. The lowest BCUT2D eigenvalue weighted by atomic mass is 10.0. The molecule has 22 heavy (non-hydrogen) atoms. The number of aromatic carboxylic acids is 1. The molecule has 0 spiro atoms. The Bertz CT molecular complexity index is 669. The molecule has 0 saturated heterocycles. The molecule has 0 fully saturated rings. The van der Waals surface area contributed by atoms with Crippen molar-refractivity contribution in [1.29, 1.82) is 0 Å². The van der Waals surface area contributed by atoms with Crippen LogP contribution < -0.4 is 5.32 Å². The van der Waals surface area contributed by atoms with E-state index in [1.54, 1.807) is 19.1 Å². The molecule has 0 aliphatic heterocycles. The zero-order valence-electron chi connectivity index (χ0n) is 11.7. The summed E-state index contributed by atoms with van der Waals surface area (Å²) < 4.78 is 38.4. The van der Waals surface area contributed by atoms with Crippen molar-refractivity contribution >= 4 is 11.7 Å². The van der Waals surface area contributed by atoms with Gasteiger partial charge < -0.3 is 10.4 Å². The van der Waals surface area contributed by atoms with E-state index in [9.17, 15) is 18.0 Å². The number of carbonyl (C=O) groups is 1. The number of rotatable bonds is 4. The molecule has 0 radical (unpaired) electrons. The Morgan fingerprint density at radius 3 is 2.32 bits per heavy atom. The standard InChI is InChI=1S/C16H14F3NO2/c1-10(11-5-3-2-4-6-11)20-14-9-12(16(17,18)19)7-8-13(14)15(21)22/h2-10,20H,1H3,(H,21,22). The molecule has 0 aliphatic rings. The summed E-state index contributed by atoms with van der Waals surface area (Å²) in [7, 11) is 0. The van der Waals surface area contributed by atoms with Crippen LogP contribution in [0.3, 0.4) is 0 Å². The van der Waals surface area contributed by atoms with E-state index in [1.807, 2.05) is 18.2 Å². The molecule has 6 heteroatoms. The fourth-order valence-electron chi connectivity index (χ4n) is 2.08. The van der Waals surface area contributed by atoms with Crippen molar-refractivity contribution in [2.24, 2.45) is 0 Å². The molecule has 1 atom stereocenters. The maximum atomic E-state index is 12.8. The maximum absolute atomic E-state index is 12.8. The number of carboxylic acids is 1. The molecule has 1 unspecified atom stereocenters. The fourth-order valence-corrected chi connectivity index (χ4v) is 2.08. The van der Waals surface area contributed by atoms with E-state index in [0.29, 0.717) is 0 Å². The Morgan fingerprint density at radius 2 is 1.77 bits per heavy atom. The molecule has 0 saturated carbocycles. The molecule has 2 N–H and O–H groups in total. The van der Waals surface area contributed by atoms with Crippen LogP contribution in [0.15, 0.2) is 48.5 Å². The predicted molar refractivity (Wildman–Crippen MR) is 76.9 cm³/mol. The highest BCUT2D eigenvalue weighted by atomic mass is 19.4. The zero-order chi connectivity index (χ0) is 16.3. The van der Waals surface area contributed by atoms with Crippen molar-refractivity contribution in [2.45, 2.75) is 19.1 Å². The van der Waals surface area contributed by atoms with Gasteiger partial charge in [0.2, 0.25) is 0 Å². The lowest BCUT2D eigenvalue weighted by molar-refractivity contribution is -0.137. The van der Waals surface area contributed by atoms with E-state index in [-0.39, 0.29) is 17.3 Å². The molecule has 2 rings (SSSR count). The summed E-state index contributed by atoms with van der Waals surface area (Å²) in [5.41, 5.74) is -0.300. The van der Waals surface area contributed by atoms with Crippen LogP contribution in [0.4, 0.5) is 18.9 Å². The number of benzene rings is 2. The van der Waals surface area contributed by atoms with Crippen molar-refractivity contribution in [3.63, 3.8) is 0 Å². The normalized spacial score (nSPS) is 12.7. The number of alkyl halides is 3. The van der Waals surface area contributed by atoms with Crippen molar-refractivity contribution in [1.82, 2.24) is 0 Å². The summed E-state index contributed by atoms with van der Waals surface area (Å²) in [6, 6.07) is 11.3. The van der Waals surface area contributed by atoms with Gasteiger partial charge in [0.25, 0.3) is 0 Å². The topological polar surface area (TPSA) is 49.3 Å². The lowest BCUT2D eigenvalue weighted by Gasteiger charge is -2.19. The third-order valence-electron chi connectivity index (χ3n) is 3.25. The highest BCUT2D eigenvalue weighted by molar-refractivity contribution is 5.94. The molecule has 0 aliphatic carbocycles. The van der Waals surface area contributed by atoms with Crippen LogP contribution in [0, 0.1) is 0 Å². The van der Waals surface area contributed by atoms with Gasteiger partial charge in [-0.05, 0) is 30.7 Å². The minimum Gasteiger partial charge on any atom is -0.478 e. The van der Waals surface area contributed by atoms with Crippen LogP contribution in [0.1, 0.15) is 34.5 Å². The maximum Gasteiger partial charge on any atom is 0.416 e. The van der Waals surface area contributed by atoms with E-state index in [4.69, 9.17) is 5.11 Å². The van der Waals surface area contributed by atoms with E-state index in [0.717, 1.165) is 23.8 Å². The molecular formula is C16H14F3NO2. The van der Waals surface area contributed by atoms with Gasteiger partial charge in [0, 0.05) is 11.7 Å². The summed E-state index contributed by atoms with van der Waals surface area (Å²) in [5, 5.41) is 12.0. The molecule has 0 heterocycles. The monoisotopic (exact) mass is 309 g/mol. The van der Waals surface area contributed by atoms with Crippen LogP contribution in [-0.2, 0) is 6.18 Å². The van der Waals surface area contributed by atoms with Gasteiger partial charge in [-0.3, -0.25) is 0 Å². The first-order valence-corrected chi connectivity index (χ1v) is 6.55. The van der Waals surface area contributed by atoms with Crippen LogP contribution >= 0.6 is 0 Å². The van der Waals surface area contributed by atoms with Crippen LogP contribution in [0.25, 0.3) is 0 Å². The molecule has 0 aromatic heterocycles. The third-order valence-corrected chi connectivity index (χ3v) is 3.25. The molecule has 3 nitrogen and oxygen atoms in total. The fraction of sp³-hybridized carbons (Fsp3) is 0.188. The summed E-state index contributed by atoms with van der Waals surface area (Å²) in [6.07, 6.45) is -4.52. The first-order chi connectivity index (χ1) is 10.3. The average Bonchev–Trinajstić information content (AvgIpc) is 2.47. The van der Waals surface area contributed by atoms with Crippen LogP contribution in [0.2, 0.25) is 0 Å². The van der Waals surface area contributed by atoms with E-state index < -0.39 is 17.7 Å². The largest absolute Gasteiger partial charge is 0.478 e. The number of carboxylic acid groups (broad SMARTS) is 1. The second-order valence-corrected chi connectivity index (χ2v) is 4.84. The molecule has 116 valence electrons. The lowest BCUT2D eigenvalue weighted by Crippen LogP contribution is -2.13. The zero-order valence-corrected chi connectivity index (χ0v) is 11.7. The Hall–Kier alpha value is -2.50. The summed E-state index contributed by atoms with van der Waals surface area (Å²) >= 11 is 0. The molecule has 0 bridgehead atoms. The van der Waals surface area contributed by atoms with Gasteiger partial charge in [-0.25, -0.2) is 4.79 Å². The first kappa shape index (κ1) is 15.9. The summed E-state index contributed by atoms with van der Waals surface area (Å²) in [5.74, 6) is -1.28. The van der Waals surface area contributed by atoms with Gasteiger partial charge in [0.15, 0.2) is 0 Å². The minimum absolute atomic E-state index is 0.0568. The quantitative estimate of drug-likeness (QED) is 0.869. The Kier molecular flexibility index (Phi) is 4.40. The summed E-state index contributed by atoms with van der Waals surface area (Å²) in [4.78, 5) is 11.2. The van der Waals surface area contributed by atoms with E-state index in [1.165, 1.54) is 0 Å². The number of hydrogen-bond donors (Lipinski definition) is 2. The van der Waals surface area contributed by atoms with Crippen molar-refractivity contribution in [3.8, 4) is 0 Å². The Balaban J connectivity index is 2.37. The Morgan fingerprint density at radius 1 is 1.14 bits per heavy atom. The van der Waals surface area contributed by atoms with Crippen LogP contribution in [0.5, 0.6) is 0 Å². The molecule has 2 aromatic rings. The van der Waals surface area contributed by atoms with Gasteiger partial charge in [-0.15, -0.1) is 0 Å². The average molecular weight is 309 g/mol. The van der Waals surface area contributed by atoms with Crippen molar-refractivity contribution < 1.29 is 23.1 Å². The van der Waals surface area contributed by atoms with Gasteiger partial charge in [0.1, 0.15) is 0 Å². The van der Waals surface area contributed by atoms with E-state index in [2.05, 4.69) is 5.32 Å². The molecule has 0 amide bonds. The van der Waals surface area contributed by atoms with E-state index >= 15 is 0 Å². The highest BCUT2D eigenvalue weighted by Crippen LogP contribution is 2.33. The number of halogens is 3. The highest BCUT2D eigenvalue weighted by Gasteiger charge is 2.31. The van der Waals surface area contributed by atoms with Gasteiger partial charge in [-0.1, -0.05) is 30.3 Å². The number of anilines is 1. The third kappa shape index (κ3) is 3.58. The van der Waals surface area contributed by atoms with Gasteiger partial charge in [-0.2, -0.15) is 13.2 Å². The number of hydrogen-bond acceptors (Lipinski definition) is 2. The van der Waals surface area contributed by atoms with Gasteiger partial charge in [0.05, 0.1) is 11.1 Å².